The number of hydrogen-bond acceptors (Lipinski definition) is 5. The van der Waals surface area contributed by atoms with E-state index >= 15 is 0 Å². The van der Waals surface area contributed by atoms with Gasteiger partial charge in [-0.05, 0) is 0 Å². The standard InChI is InChI=1S/C7H11N3O4S/c1-10(2)7(11)14-5-4-8-9-6(5)15(3,12)13/h4H,1-3H3,(H,8,9). The van der Waals surface area contributed by atoms with Crippen molar-refractivity contribution in [1.29, 1.82) is 0 Å². The Balaban J connectivity index is 2.98. The highest BCUT2D eigenvalue weighted by molar-refractivity contribution is 7.90. The molecule has 0 aromatic carbocycles. The maximum absolute atomic E-state index is 11.2. The van der Waals surface area contributed by atoms with Crippen molar-refractivity contribution >= 4 is 15.9 Å². The molecule has 1 aromatic heterocycles. The number of hydrogen-bond donors (Lipinski definition) is 1. The fourth-order valence-electron chi connectivity index (χ4n) is 0.787. The molecule has 1 N–H and O–H groups in total. The molecule has 7 nitrogen and oxygen atoms in total. The van der Waals surface area contributed by atoms with E-state index in [0.29, 0.717) is 0 Å². The minimum Gasteiger partial charge on any atom is -0.405 e. The fourth-order valence-corrected chi connectivity index (χ4v) is 1.47. The molecule has 0 saturated carbocycles. The molecule has 0 fully saturated rings. The smallest absolute Gasteiger partial charge is 0.405 e. The van der Waals surface area contributed by atoms with Gasteiger partial charge in [0.05, 0.1) is 6.20 Å². The Labute approximate surface area is 86.9 Å². The quantitative estimate of drug-likeness (QED) is 0.768. The Hall–Kier alpha value is -1.57. The molecule has 0 aliphatic heterocycles. The van der Waals surface area contributed by atoms with E-state index in [2.05, 4.69) is 10.2 Å². The average Bonchev–Trinajstić information content (AvgIpc) is 2.50. The number of nitrogens with one attached hydrogen (secondary N) is 1. The molecule has 84 valence electrons. The molecule has 1 amide bonds. The van der Waals surface area contributed by atoms with E-state index in [1.165, 1.54) is 19.0 Å². The van der Waals surface area contributed by atoms with Crippen LogP contribution in [0, 0.1) is 0 Å². The molecule has 8 heteroatoms. The molecule has 1 heterocycles. The normalized spacial score (nSPS) is 11.1. The number of aromatic nitrogens is 2. The molecule has 0 spiro atoms. The number of sulfone groups is 1. The first-order valence-electron chi connectivity index (χ1n) is 3.95. The van der Waals surface area contributed by atoms with Gasteiger partial charge in [0.25, 0.3) is 0 Å². The van der Waals surface area contributed by atoms with Gasteiger partial charge >= 0.3 is 6.09 Å². The van der Waals surface area contributed by atoms with E-state index in [1.54, 1.807) is 0 Å². The summed E-state index contributed by atoms with van der Waals surface area (Å²) in [4.78, 5) is 12.3. The molecule has 15 heavy (non-hydrogen) atoms. The van der Waals surface area contributed by atoms with E-state index in [0.717, 1.165) is 12.5 Å². The average molecular weight is 233 g/mol. The van der Waals surface area contributed by atoms with Crippen molar-refractivity contribution in [2.45, 2.75) is 5.03 Å². The van der Waals surface area contributed by atoms with Crippen LogP contribution in [-0.4, -0.2) is 50.0 Å². The van der Waals surface area contributed by atoms with Crippen LogP contribution < -0.4 is 4.74 Å². The van der Waals surface area contributed by atoms with Crippen LogP contribution in [0.5, 0.6) is 5.75 Å². The third kappa shape index (κ3) is 2.69. The van der Waals surface area contributed by atoms with Gasteiger partial charge in [0.1, 0.15) is 0 Å². The zero-order valence-corrected chi connectivity index (χ0v) is 9.33. The van der Waals surface area contributed by atoms with Crippen LogP contribution in [-0.2, 0) is 9.84 Å². The lowest BCUT2D eigenvalue weighted by Gasteiger charge is -2.09. The van der Waals surface area contributed by atoms with Crippen LogP contribution in [0.3, 0.4) is 0 Å². The molecule has 0 aliphatic carbocycles. The summed E-state index contributed by atoms with van der Waals surface area (Å²) >= 11 is 0. The molecule has 0 atom stereocenters. The number of nitrogens with zero attached hydrogens (tertiary/aromatic N) is 2. The number of ether oxygens (including phenoxy) is 1. The summed E-state index contributed by atoms with van der Waals surface area (Å²) in [6.07, 6.45) is 1.46. The topological polar surface area (TPSA) is 92.4 Å². The van der Waals surface area contributed by atoms with Crippen molar-refractivity contribution in [2.24, 2.45) is 0 Å². The van der Waals surface area contributed by atoms with Crippen molar-refractivity contribution in [3.63, 3.8) is 0 Å². The number of aromatic amines is 1. The van der Waals surface area contributed by atoms with Crippen LogP contribution in [0.15, 0.2) is 11.2 Å². The third-order valence-corrected chi connectivity index (χ3v) is 2.54. The zero-order chi connectivity index (χ0) is 11.6. The van der Waals surface area contributed by atoms with Gasteiger partial charge in [-0.3, -0.25) is 5.10 Å². The number of amides is 1. The summed E-state index contributed by atoms with van der Waals surface area (Å²) in [5, 5.41) is 5.55. The summed E-state index contributed by atoms with van der Waals surface area (Å²) in [5.41, 5.74) is 0. The fraction of sp³-hybridized carbons (Fsp3) is 0.429. The predicted molar refractivity (Wildman–Crippen MR) is 51.4 cm³/mol. The first-order chi connectivity index (χ1) is 6.82. The van der Waals surface area contributed by atoms with E-state index in [4.69, 9.17) is 4.74 Å². The van der Waals surface area contributed by atoms with Gasteiger partial charge < -0.3 is 9.64 Å². The number of carbonyl (C=O) groups is 1. The Morgan fingerprint density at radius 3 is 2.60 bits per heavy atom. The molecule has 0 bridgehead atoms. The first-order valence-corrected chi connectivity index (χ1v) is 5.84. The van der Waals surface area contributed by atoms with Gasteiger partial charge in [0.15, 0.2) is 20.6 Å². The van der Waals surface area contributed by atoms with Crippen LogP contribution in [0.4, 0.5) is 4.79 Å². The maximum Gasteiger partial charge on any atom is 0.414 e. The lowest BCUT2D eigenvalue weighted by molar-refractivity contribution is 0.170. The van der Waals surface area contributed by atoms with E-state index in [-0.39, 0.29) is 10.8 Å². The molecule has 0 saturated heterocycles. The summed E-state index contributed by atoms with van der Waals surface area (Å²) in [5.74, 6) is -0.101. The summed E-state index contributed by atoms with van der Waals surface area (Å²) < 4.78 is 27.2. The lowest BCUT2D eigenvalue weighted by Crippen LogP contribution is -2.25. The molecule has 0 aliphatic rings. The van der Waals surface area contributed by atoms with Crippen molar-refractivity contribution in [2.75, 3.05) is 20.4 Å². The highest BCUT2D eigenvalue weighted by Crippen LogP contribution is 2.20. The van der Waals surface area contributed by atoms with E-state index < -0.39 is 15.9 Å². The van der Waals surface area contributed by atoms with Crippen molar-refractivity contribution in [3.8, 4) is 5.75 Å². The van der Waals surface area contributed by atoms with E-state index in [1.807, 2.05) is 0 Å². The van der Waals surface area contributed by atoms with Crippen LogP contribution >= 0.6 is 0 Å². The van der Waals surface area contributed by atoms with Gasteiger partial charge in [0, 0.05) is 20.4 Å². The minimum atomic E-state index is -3.48. The van der Waals surface area contributed by atoms with Crippen LogP contribution in [0.1, 0.15) is 0 Å². The number of H-pyrrole nitrogens is 1. The van der Waals surface area contributed by atoms with Crippen molar-refractivity contribution in [3.05, 3.63) is 6.20 Å². The van der Waals surface area contributed by atoms with Gasteiger partial charge in [-0.15, -0.1) is 0 Å². The summed E-state index contributed by atoms with van der Waals surface area (Å²) in [6.45, 7) is 0. The van der Waals surface area contributed by atoms with Crippen LogP contribution in [0.25, 0.3) is 0 Å². The molecule has 0 unspecified atom stereocenters. The summed E-state index contributed by atoms with van der Waals surface area (Å²) in [7, 11) is -0.498. The highest BCUT2D eigenvalue weighted by Gasteiger charge is 2.19. The first kappa shape index (κ1) is 11.5. The van der Waals surface area contributed by atoms with E-state index in [9.17, 15) is 13.2 Å². The number of rotatable bonds is 2. The number of carbonyl (C=O) groups excluding carboxylic acids is 1. The second kappa shape index (κ2) is 3.89. The largest absolute Gasteiger partial charge is 0.414 e. The second-order valence-corrected chi connectivity index (χ2v) is 5.05. The predicted octanol–water partition coefficient (Wildman–Crippen LogP) is -0.126. The molecule has 0 radical (unpaired) electrons. The molecular formula is C7H11N3O4S. The molecule has 1 rings (SSSR count). The van der Waals surface area contributed by atoms with Crippen molar-refractivity contribution in [1.82, 2.24) is 15.1 Å². The minimum absolute atomic E-state index is 0.101. The Bertz CT molecular complexity index is 462. The monoisotopic (exact) mass is 233 g/mol. The van der Waals surface area contributed by atoms with Gasteiger partial charge in [-0.2, -0.15) is 5.10 Å². The third-order valence-electron chi connectivity index (χ3n) is 1.50. The Kier molecular flexibility index (Phi) is 2.98. The zero-order valence-electron chi connectivity index (χ0n) is 8.51. The van der Waals surface area contributed by atoms with Gasteiger partial charge in [0.2, 0.25) is 0 Å². The molecular weight excluding hydrogens is 222 g/mol. The second-order valence-electron chi connectivity index (χ2n) is 3.10. The highest BCUT2D eigenvalue weighted by atomic mass is 32.2. The SMILES string of the molecule is CN(C)C(=O)Oc1cn[nH]c1S(C)(=O)=O. The lowest BCUT2D eigenvalue weighted by atomic mass is 10.6. The van der Waals surface area contributed by atoms with Gasteiger partial charge in [-0.1, -0.05) is 0 Å². The summed E-state index contributed by atoms with van der Waals surface area (Å²) in [6, 6.07) is 0. The molecule has 1 aromatic rings. The van der Waals surface area contributed by atoms with Gasteiger partial charge in [-0.25, -0.2) is 13.2 Å². The Morgan fingerprint density at radius 2 is 2.13 bits per heavy atom. The Morgan fingerprint density at radius 1 is 1.53 bits per heavy atom. The van der Waals surface area contributed by atoms with Crippen molar-refractivity contribution < 1.29 is 17.9 Å². The van der Waals surface area contributed by atoms with Crippen LogP contribution in [0.2, 0.25) is 0 Å². The maximum atomic E-state index is 11.2.